The predicted molar refractivity (Wildman–Crippen MR) is 73.3 cm³/mol. The first-order chi connectivity index (χ1) is 8.78. The maximum atomic E-state index is 9.11. The summed E-state index contributed by atoms with van der Waals surface area (Å²) in [6.45, 7) is 0. The second-order valence-electron chi connectivity index (χ2n) is 4.89. The number of hydrogen-bond acceptors (Lipinski definition) is 3. The van der Waals surface area contributed by atoms with E-state index in [1.54, 1.807) is 0 Å². The molecule has 0 heterocycles. The first-order valence-electron chi connectivity index (χ1n) is 6.22. The third kappa shape index (κ3) is 1.81. The van der Waals surface area contributed by atoms with Gasteiger partial charge in [0.1, 0.15) is 0 Å². The summed E-state index contributed by atoms with van der Waals surface area (Å²) in [4.78, 5) is 0. The number of nitriles is 1. The smallest absolute Gasteiger partial charge is 0.0998 e. The highest BCUT2D eigenvalue weighted by Crippen LogP contribution is 2.30. The van der Waals surface area contributed by atoms with Crippen molar-refractivity contribution in [2.24, 2.45) is 5.73 Å². The van der Waals surface area contributed by atoms with Crippen molar-refractivity contribution in [1.82, 2.24) is 0 Å². The van der Waals surface area contributed by atoms with E-state index in [1.807, 2.05) is 30.3 Å². The molecule has 90 valence electrons. The van der Waals surface area contributed by atoms with Crippen LogP contribution >= 0.6 is 0 Å². The van der Waals surface area contributed by atoms with Gasteiger partial charge in [0, 0.05) is 28.5 Å². The van der Waals surface area contributed by atoms with Gasteiger partial charge in [0.05, 0.1) is 11.6 Å². The van der Waals surface area contributed by atoms with Gasteiger partial charge in [0.25, 0.3) is 0 Å². The summed E-state index contributed by atoms with van der Waals surface area (Å²) in [5.41, 5.74) is 7.62. The molecule has 1 aliphatic carbocycles. The molecule has 0 aromatic heterocycles. The van der Waals surface area contributed by atoms with E-state index in [0.717, 1.165) is 34.9 Å². The minimum atomic E-state index is 0.340. The third-order valence-corrected chi connectivity index (χ3v) is 3.58. The van der Waals surface area contributed by atoms with Gasteiger partial charge in [-0.25, -0.2) is 0 Å². The fraction of sp³-hybridized carbons (Fsp3) is 0.267. The third-order valence-electron chi connectivity index (χ3n) is 3.58. The molecule has 0 aliphatic heterocycles. The quantitative estimate of drug-likeness (QED) is 0.844. The van der Waals surface area contributed by atoms with Gasteiger partial charge in [-0.15, -0.1) is 0 Å². The van der Waals surface area contributed by atoms with Crippen molar-refractivity contribution in [3.63, 3.8) is 0 Å². The number of benzene rings is 2. The van der Waals surface area contributed by atoms with Crippen LogP contribution in [0.5, 0.6) is 0 Å². The zero-order chi connectivity index (χ0) is 12.5. The number of hydrogen-bond donors (Lipinski definition) is 2. The van der Waals surface area contributed by atoms with Crippen molar-refractivity contribution in [2.75, 3.05) is 5.32 Å². The highest BCUT2D eigenvalue weighted by atomic mass is 15.0. The lowest BCUT2D eigenvalue weighted by Gasteiger charge is -2.34. The highest BCUT2D eigenvalue weighted by Gasteiger charge is 2.25. The lowest BCUT2D eigenvalue weighted by atomic mass is 9.87. The fourth-order valence-electron chi connectivity index (χ4n) is 2.52. The summed E-state index contributed by atoms with van der Waals surface area (Å²) < 4.78 is 0. The van der Waals surface area contributed by atoms with Gasteiger partial charge in [0.15, 0.2) is 0 Å². The van der Waals surface area contributed by atoms with Crippen molar-refractivity contribution in [3.8, 4) is 6.07 Å². The lowest BCUT2D eigenvalue weighted by molar-refractivity contribution is 0.374. The first kappa shape index (κ1) is 11.1. The van der Waals surface area contributed by atoms with E-state index in [2.05, 4.69) is 17.5 Å². The monoisotopic (exact) mass is 237 g/mol. The molecule has 0 spiro atoms. The largest absolute Gasteiger partial charge is 0.382 e. The molecule has 3 heteroatoms. The average Bonchev–Trinajstić information content (AvgIpc) is 2.37. The molecule has 2 aromatic rings. The molecule has 0 saturated heterocycles. The van der Waals surface area contributed by atoms with E-state index < -0.39 is 0 Å². The number of nitrogens with two attached hydrogens (primary N) is 1. The first-order valence-corrected chi connectivity index (χ1v) is 6.22. The number of nitrogens with one attached hydrogen (secondary N) is 1. The second kappa shape index (κ2) is 4.32. The van der Waals surface area contributed by atoms with Crippen LogP contribution in [-0.2, 0) is 0 Å². The van der Waals surface area contributed by atoms with Gasteiger partial charge >= 0.3 is 0 Å². The Balaban J connectivity index is 2.00. The standard InChI is InChI=1S/C15H15N3/c16-9-10-5-6-15(18-12-7-11(17)8-12)14-4-2-1-3-13(10)14/h1-6,11-12,18H,7-8,17H2. The molecule has 18 heavy (non-hydrogen) atoms. The van der Waals surface area contributed by atoms with Crippen molar-refractivity contribution in [1.29, 1.82) is 5.26 Å². The van der Waals surface area contributed by atoms with Gasteiger partial charge in [-0.1, -0.05) is 24.3 Å². The van der Waals surface area contributed by atoms with Crippen LogP contribution in [0.1, 0.15) is 18.4 Å². The Morgan fingerprint density at radius 1 is 1.11 bits per heavy atom. The summed E-state index contributed by atoms with van der Waals surface area (Å²) in [5.74, 6) is 0. The maximum Gasteiger partial charge on any atom is 0.0998 e. The van der Waals surface area contributed by atoms with Crippen LogP contribution in [0.15, 0.2) is 36.4 Å². The van der Waals surface area contributed by atoms with Gasteiger partial charge in [0.2, 0.25) is 0 Å². The lowest BCUT2D eigenvalue weighted by Crippen LogP contribution is -2.44. The molecule has 0 unspecified atom stereocenters. The van der Waals surface area contributed by atoms with Crippen LogP contribution in [-0.4, -0.2) is 12.1 Å². The van der Waals surface area contributed by atoms with Crippen LogP contribution in [0, 0.1) is 11.3 Å². The molecule has 1 fully saturated rings. The highest BCUT2D eigenvalue weighted by molar-refractivity contribution is 5.97. The van der Waals surface area contributed by atoms with E-state index in [1.165, 1.54) is 0 Å². The fourth-order valence-corrected chi connectivity index (χ4v) is 2.52. The molecular formula is C15H15N3. The predicted octanol–water partition coefficient (Wildman–Crippen LogP) is 2.61. The molecule has 1 saturated carbocycles. The summed E-state index contributed by atoms with van der Waals surface area (Å²) in [5, 5.41) is 14.7. The minimum Gasteiger partial charge on any atom is -0.382 e. The molecule has 0 amide bonds. The molecule has 3 rings (SSSR count). The molecule has 1 aliphatic rings. The normalized spacial score (nSPS) is 22.2. The average molecular weight is 237 g/mol. The molecule has 0 radical (unpaired) electrons. The minimum absolute atomic E-state index is 0.340. The summed E-state index contributed by atoms with van der Waals surface area (Å²) in [6, 6.07) is 14.9. The van der Waals surface area contributed by atoms with Crippen molar-refractivity contribution >= 4 is 16.5 Å². The van der Waals surface area contributed by atoms with E-state index >= 15 is 0 Å². The van der Waals surface area contributed by atoms with Crippen molar-refractivity contribution < 1.29 is 0 Å². The Labute approximate surface area is 106 Å². The Kier molecular flexibility index (Phi) is 2.66. The zero-order valence-corrected chi connectivity index (χ0v) is 10.1. The maximum absolute atomic E-state index is 9.11. The second-order valence-corrected chi connectivity index (χ2v) is 4.89. The Morgan fingerprint density at radius 2 is 1.83 bits per heavy atom. The van der Waals surface area contributed by atoms with E-state index in [0.29, 0.717) is 12.1 Å². The number of nitrogens with zero attached hydrogens (tertiary/aromatic N) is 1. The molecule has 2 aromatic carbocycles. The Hall–Kier alpha value is -2.05. The number of fused-ring (bicyclic) bond motifs is 1. The van der Waals surface area contributed by atoms with Crippen LogP contribution in [0.2, 0.25) is 0 Å². The van der Waals surface area contributed by atoms with Gasteiger partial charge in [-0.3, -0.25) is 0 Å². The van der Waals surface area contributed by atoms with Crippen LogP contribution in [0.3, 0.4) is 0 Å². The molecule has 0 bridgehead atoms. The van der Waals surface area contributed by atoms with E-state index in [-0.39, 0.29) is 0 Å². The van der Waals surface area contributed by atoms with Gasteiger partial charge < -0.3 is 11.1 Å². The van der Waals surface area contributed by atoms with Crippen molar-refractivity contribution in [3.05, 3.63) is 42.0 Å². The molecular weight excluding hydrogens is 222 g/mol. The summed E-state index contributed by atoms with van der Waals surface area (Å²) in [6.07, 6.45) is 2.04. The molecule has 3 nitrogen and oxygen atoms in total. The van der Waals surface area contributed by atoms with E-state index in [9.17, 15) is 0 Å². The van der Waals surface area contributed by atoms with Crippen LogP contribution in [0.4, 0.5) is 5.69 Å². The summed E-state index contributed by atoms with van der Waals surface area (Å²) in [7, 11) is 0. The van der Waals surface area contributed by atoms with Crippen LogP contribution in [0.25, 0.3) is 10.8 Å². The van der Waals surface area contributed by atoms with Gasteiger partial charge in [-0.2, -0.15) is 5.26 Å². The van der Waals surface area contributed by atoms with E-state index in [4.69, 9.17) is 11.0 Å². The van der Waals surface area contributed by atoms with Gasteiger partial charge in [-0.05, 0) is 25.0 Å². The SMILES string of the molecule is N#Cc1ccc(NC2CC(N)C2)c2ccccc12. The Morgan fingerprint density at radius 3 is 2.50 bits per heavy atom. The molecule has 0 atom stereocenters. The summed E-state index contributed by atoms with van der Waals surface area (Å²) >= 11 is 0. The van der Waals surface area contributed by atoms with Crippen LogP contribution < -0.4 is 11.1 Å². The zero-order valence-electron chi connectivity index (χ0n) is 10.1. The molecule has 3 N–H and O–H groups in total. The Bertz CT molecular complexity index is 621. The number of anilines is 1. The number of rotatable bonds is 2. The van der Waals surface area contributed by atoms with Crippen molar-refractivity contribution in [2.45, 2.75) is 24.9 Å². The topological polar surface area (TPSA) is 61.8 Å².